The van der Waals surface area contributed by atoms with E-state index >= 15 is 0 Å². The number of nitrogens with one attached hydrogen (secondary N) is 1. The topological polar surface area (TPSA) is 40.0 Å². The number of unbranched alkanes of at least 4 members (excludes halogenated alkanes) is 1. The number of aliphatic imine (C=N–C) groups is 2. The predicted octanol–water partition coefficient (Wildman–Crippen LogP) is 6.71. The van der Waals surface area contributed by atoms with Crippen molar-refractivity contribution in [1.29, 1.82) is 0 Å². The van der Waals surface area contributed by atoms with Gasteiger partial charge in [-0.2, -0.15) is 0 Å². The maximum Gasteiger partial charge on any atom is 0.129 e. The Kier molecular flexibility index (Phi) is 13.1. The molecular weight excluding hydrogens is 478 g/mol. The van der Waals surface area contributed by atoms with Crippen LogP contribution in [0.15, 0.2) is 57.8 Å². The number of hydrogen-bond acceptors (Lipinski definition) is 4. The lowest BCUT2D eigenvalue weighted by molar-refractivity contribution is 0.167. The van der Waals surface area contributed by atoms with Crippen LogP contribution in [0.5, 0.6) is 0 Å². The molecule has 0 saturated carbocycles. The molecule has 0 amide bonds. The summed E-state index contributed by atoms with van der Waals surface area (Å²) in [5, 5.41) is 3.67. The van der Waals surface area contributed by atoms with Crippen LogP contribution in [0.1, 0.15) is 50.2 Å². The van der Waals surface area contributed by atoms with E-state index in [0.29, 0.717) is 35.4 Å². The second kappa shape index (κ2) is 15.7. The Bertz CT molecular complexity index is 928. The fraction of sp³-hybridized carbons (Fsp3) is 0.517. The van der Waals surface area contributed by atoms with Crippen LogP contribution in [-0.2, 0) is 12.8 Å². The van der Waals surface area contributed by atoms with Gasteiger partial charge in [0.05, 0.1) is 5.03 Å². The van der Waals surface area contributed by atoms with Gasteiger partial charge in [0.1, 0.15) is 11.6 Å². The molecule has 1 aliphatic rings. The highest BCUT2D eigenvalue weighted by Gasteiger charge is 2.28. The van der Waals surface area contributed by atoms with Gasteiger partial charge in [0.15, 0.2) is 0 Å². The fourth-order valence-electron chi connectivity index (χ4n) is 4.41. The maximum atomic E-state index is 14.8. The van der Waals surface area contributed by atoms with Crippen molar-refractivity contribution in [3.8, 4) is 0 Å². The van der Waals surface area contributed by atoms with Crippen LogP contribution in [0, 0.1) is 23.5 Å². The Morgan fingerprint density at radius 1 is 1.19 bits per heavy atom. The maximum absolute atomic E-state index is 14.8. The highest BCUT2D eigenvalue weighted by atomic mass is 35.5. The largest absolute Gasteiger partial charge is 0.374 e. The summed E-state index contributed by atoms with van der Waals surface area (Å²) in [7, 11) is 1.95. The van der Waals surface area contributed by atoms with Crippen LogP contribution in [0.2, 0.25) is 0 Å². The number of hydrogen-bond donors (Lipinski definition) is 1. The lowest BCUT2D eigenvalue weighted by Gasteiger charge is -2.42. The van der Waals surface area contributed by atoms with Gasteiger partial charge in [0, 0.05) is 55.6 Å². The molecule has 1 N–H and O–H groups in total. The molecule has 1 aliphatic heterocycles. The average molecular weight is 519 g/mol. The average Bonchev–Trinajstić information content (AvgIpc) is 2.78. The molecule has 198 valence electrons. The number of allylic oxidation sites excluding steroid dienone is 2. The SMILES string of the molecule is C=N/C=C(Cl)\C=N/CCC(CCCCc1cc(F)c(CC(=C)N2CC(C(=C)C)C2)c(F)c1)CCNC. The molecule has 4 nitrogen and oxygen atoms in total. The Balaban J connectivity index is 1.81. The minimum Gasteiger partial charge on any atom is -0.374 e. The first-order valence-electron chi connectivity index (χ1n) is 12.8. The molecule has 0 aromatic heterocycles. The van der Waals surface area contributed by atoms with Gasteiger partial charge >= 0.3 is 0 Å². The molecule has 1 fully saturated rings. The molecular formula is C29H41ClF2N4. The van der Waals surface area contributed by atoms with E-state index in [1.807, 2.05) is 14.0 Å². The molecule has 1 aromatic carbocycles. The van der Waals surface area contributed by atoms with Crippen LogP contribution >= 0.6 is 11.6 Å². The highest BCUT2D eigenvalue weighted by Crippen LogP contribution is 2.28. The lowest BCUT2D eigenvalue weighted by atomic mass is 9.91. The van der Waals surface area contributed by atoms with Crippen molar-refractivity contribution in [2.75, 3.05) is 33.2 Å². The minimum absolute atomic E-state index is 0.106. The number of aryl methyl sites for hydroxylation is 1. The van der Waals surface area contributed by atoms with Crippen LogP contribution in [0.4, 0.5) is 8.78 Å². The molecule has 0 radical (unpaired) electrons. The third-order valence-electron chi connectivity index (χ3n) is 6.83. The molecule has 2 rings (SSSR count). The first-order chi connectivity index (χ1) is 17.2. The fourth-order valence-corrected chi connectivity index (χ4v) is 4.54. The van der Waals surface area contributed by atoms with Crippen molar-refractivity contribution in [3.05, 3.63) is 70.6 Å². The van der Waals surface area contributed by atoms with E-state index in [4.69, 9.17) is 11.6 Å². The van der Waals surface area contributed by atoms with Gasteiger partial charge in [-0.25, -0.2) is 8.78 Å². The van der Waals surface area contributed by atoms with E-state index in [2.05, 4.69) is 40.1 Å². The highest BCUT2D eigenvalue weighted by molar-refractivity contribution is 6.39. The number of benzene rings is 1. The molecule has 1 aromatic rings. The number of likely N-dealkylation sites (tertiary alicyclic amines) is 1. The van der Waals surface area contributed by atoms with E-state index in [1.54, 1.807) is 6.21 Å². The van der Waals surface area contributed by atoms with Gasteiger partial charge in [-0.3, -0.25) is 9.98 Å². The summed E-state index contributed by atoms with van der Waals surface area (Å²) >= 11 is 5.94. The van der Waals surface area contributed by atoms with Crippen LogP contribution in [0.25, 0.3) is 0 Å². The molecule has 36 heavy (non-hydrogen) atoms. The van der Waals surface area contributed by atoms with Gasteiger partial charge in [-0.15, -0.1) is 0 Å². The van der Waals surface area contributed by atoms with E-state index < -0.39 is 11.6 Å². The van der Waals surface area contributed by atoms with Crippen molar-refractivity contribution >= 4 is 24.5 Å². The van der Waals surface area contributed by atoms with Gasteiger partial charge in [0.25, 0.3) is 0 Å². The van der Waals surface area contributed by atoms with E-state index in [0.717, 1.165) is 63.0 Å². The normalized spacial score (nSPS) is 15.2. The standard InChI is InChI=1S/C29H41ClF2N4/c1-21(2)25-19-36(20-25)22(3)14-27-28(31)15-24(16-29(27)32)9-7-6-8-23(10-12-33-4)11-13-35-18-26(30)17-34-5/h15-18,23,25,33H,1,3,5-14,19-20H2,2,4H3/b26-17+,35-18-. The number of halogens is 3. The second-order valence-corrected chi connectivity index (χ2v) is 10.2. The van der Waals surface area contributed by atoms with E-state index in [9.17, 15) is 8.78 Å². The molecule has 1 heterocycles. The number of nitrogens with zero attached hydrogens (tertiary/aromatic N) is 3. The van der Waals surface area contributed by atoms with Crippen LogP contribution < -0.4 is 5.32 Å². The van der Waals surface area contributed by atoms with E-state index in [-0.39, 0.29) is 12.0 Å². The molecule has 7 heteroatoms. The third-order valence-corrected chi connectivity index (χ3v) is 7.03. The van der Waals surface area contributed by atoms with Crippen LogP contribution in [-0.4, -0.2) is 51.1 Å². The first kappa shape index (κ1) is 29.9. The van der Waals surface area contributed by atoms with Crippen LogP contribution in [0.3, 0.4) is 0 Å². The molecule has 0 spiro atoms. The summed E-state index contributed by atoms with van der Waals surface area (Å²) < 4.78 is 29.5. The smallest absolute Gasteiger partial charge is 0.129 e. The molecule has 0 aliphatic carbocycles. The Morgan fingerprint density at radius 2 is 1.89 bits per heavy atom. The molecule has 0 bridgehead atoms. The number of rotatable bonds is 17. The Labute approximate surface area is 220 Å². The molecule has 1 atom stereocenters. The summed E-state index contributed by atoms with van der Waals surface area (Å²) in [6, 6.07) is 2.97. The zero-order chi connectivity index (χ0) is 26.5. The monoisotopic (exact) mass is 518 g/mol. The minimum atomic E-state index is -0.479. The van der Waals surface area contributed by atoms with Crippen molar-refractivity contribution in [2.45, 2.75) is 51.9 Å². The van der Waals surface area contributed by atoms with Crippen molar-refractivity contribution in [3.63, 3.8) is 0 Å². The van der Waals surface area contributed by atoms with Gasteiger partial charge in [-0.1, -0.05) is 43.2 Å². The summed E-state index contributed by atoms with van der Waals surface area (Å²) in [5.41, 5.74) is 2.71. The summed E-state index contributed by atoms with van der Waals surface area (Å²) in [4.78, 5) is 10.1. The Morgan fingerprint density at radius 3 is 2.50 bits per heavy atom. The zero-order valence-corrected chi connectivity index (χ0v) is 22.6. The second-order valence-electron chi connectivity index (χ2n) is 9.75. The van der Waals surface area contributed by atoms with Crippen molar-refractivity contribution < 1.29 is 8.78 Å². The third kappa shape index (κ3) is 9.98. The zero-order valence-electron chi connectivity index (χ0n) is 21.8. The summed E-state index contributed by atoms with van der Waals surface area (Å²) in [6.45, 7) is 16.7. The quantitative estimate of drug-likeness (QED) is 0.141. The summed E-state index contributed by atoms with van der Waals surface area (Å²) in [6.07, 6.45) is 8.90. The first-order valence-corrected chi connectivity index (χ1v) is 13.1. The molecule has 1 saturated heterocycles. The lowest BCUT2D eigenvalue weighted by Crippen LogP contribution is -2.46. The van der Waals surface area contributed by atoms with Crippen molar-refractivity contribution in [2.24, 2.45) is 21.8 Å². The summed E-state index contributed by atoms with van der Waals surface area (Å²) in [5.74, 6) is 0.0159. The predicted molar refractivity (Wildman–Crippen MR) is 150 cm³/mol. The van der Waals surface area contributed by atoms with Crippen molar-refractivity contribution in [1.82, 2.24) is 10.2 Å². The van der Waals surface area contributed by atoms with Gasteiger partial charge in [0.2, 0.25) is 0 Å². The Hall–Kier alpha value is -2.31. The van der Waals surface area contributed by atoms with Gasteiger partial charge in [-0.05, 0) is 76.5 Å². The van der Waals surface area contributed by atoms with E-state index in [1.165, 1.54) is 18.3 Å². The molecule has 1 unspecified atom stereocenters. The van der Waals surface area contributed by atoms with Gasteiger partial charge < -0.3 is 10.2 Å².